The zero-order valence-electron chi connectivity index (χ0n) is 6.49. The fourth-order valence-electron chi connectivity index (χ4n) is 1.25. The van der Waals surface area contributed by atoms with E-state index in [1.807, 2.05) is 18.2 Å². The van der Waals surface area contributed by atoms with Gasteiger partial charge in [0.05, 0.1) is 6.04 Å². The van der Waals surface area contributed by atoms with Crippen molar-refractivity contribution in [3.05, 3.63) is 35.9 Å². The molecule has 1 saturated heterocycles. The van der Waals surface area contributed by atoms with Crippen LogP contribution in [0.2, 0.25) is 0 Å². The third-order valence-corrected chi connectivity index (χ3v) is 2.11. The molecule has 62 valence electrons. The van der Waals surface area contributed by atoms with Gasteiger partial charge in [-0.2, -0.15) is 0 Å². The zero-order chi connectivity index (χ0) is 8.39. The van der Waals surface area contributed by atoms with Crippen LogP contribution < -0.4 is 5.32 Å². The summed E-state index contributed by atoms with van der Waals surface area (Å²) in [6.07, 6.45) is 0. The number of thiocarbonyl (C=S) groups is 1. The third kappa shape index (κ3) is 1.41. The van der Waals surface area contributed by atoms with Crippen molar-refractivity contribution in [2.45, 2.75) is 6.04 Å². The minimum atomic E-state index is 0.235. The minimum Gasteiger partial charge on any atom is -0.468 e. The molecular formula is C9H9NOS. The molecule has 1 aromatic carbocycles. The first kappa shape index (κ1) is 7.55. The van der Waals surface area contributed by atoms with Crippen LogP contribution in [0.15, 0.2) is 30.3 Å². The second-order valence-corrected chi connectivity index (χ2v) is 3.08. The first-order valence-corrected chi connectivity index (χ1v) is 4.25. The Balaban J connectivity index is 2.16. The van der Waals surface area contributed by atoms with Gasteiger partial charge >= 0.3 is 0 Å². The average molecular weight is 179 g/mol. The first-order valence-electron chi connectivity index (χ1n) is 3.84. The maximum absolute atomic E-state index is 5.14. The van der Waals surface area contributed by atoms with Crippen molar-refractivity contribution >= 4 is 17.4 Å². The molecule has 1 atom stereocenters. The van der Waals surface area contributed by atoms with E-state index >= 15 is 0 Å². The summed E-state index contributed by atoms with van der Waals surface area (Å²) in [7, 11) is 0. The number of nitrogens with one attached hydrogen (secondary N) is 1. The fraction of sp³-hybridized carbons (Fsp3) is 0.222. The zero-order valence-corrected chi connectivity index (χ0v) is 7.30. The standard InChI is InChI=1S/C9H9NOS/c12-9-10-8(6-11-9)7-4-2-1-3-5-7/h1-5,8H,6H2,(H,10,12)/t8-/m0/s1. The van der Waals surface area contributed by atoms with Crippen LogP contribution in [0.1, 0.15) is 11.6 Å². The van der Waals surface area contributed by atoms with Gasteiger partial charge in [0.25, 0.3) is 5.17 Å². The van der Waals surface area contributed by atoms with Crippen LogP contribution >= 0.6 is 12.2 Å². The molecule has 0 radical (unpaired) electrons. The second-order valence-electron chi connectivity index (χ2n) is 2.71. The van der Waals surface area contributed by atoms with E-state index < -0.39 is 0 Å². The maximum atomic E-state index is 5.14. The Morgan fingerprint density at radius 3 is 2.67 bits per heavy atom. The Bertz CT molecular complexity index is 286. The summed E-state index contributed by atoms with van der Waals surface area (Å²) in [5.41, 5.74) is 1.22. The summed E-state index contributed by atoms with van der Waals surface area (Å²) < 4.78 is 5.14. The summed E-state index contributed by atoms with van der Waals surface area (Å²) in [6.45, 7) is 0.642. The quantitative estimate of drug-likeness (QED) is 0.662. The maximum Gasteiger partial charge on any atom is 0.257 e. The largest absolute Gasteiger partial charge is 0.468 e. The molecule has 0 bridgehead atoms. The molecule has 1 fully saturated rings. The highest BCUT2D eigenvalue weighted by Crippen LogP contribution is 2.16. The van der Waals surface area contributed by atoms with Crippen LogP contribution in [0.3, 0.4) is 0 Å². The van der Waals surface area contributed by atoms with Gasteiger partial charge in [-0.3, -0.25) is 0 Å². The summed E-state index contributed by atoms with van der Waals surface area (Å²) in [5.74, 6) is 0. The fourth-order valence-corrected chi connectivity index (χ4v) is 1.46. The Hall–Kier alpha value is -1.09. The van der Waals surface area contributed by atoms with E-state index in [0.717, 1.165) is 0 Å². The molecule has 1 aliphatic heterocycles. The number of hydrogen-bond acceptors (Lipinski definition) is 2. The van der Waals surface area contributed by atoms with Crippen molar-refractivity contribution in [2.24, 2.45) is 0 Å². The first-order chi connectivity index (χ1) is 5.86. The van der Waals surface area contributed by atoms with Crippen molar-refractivity contribution in [1.82, 2.24) is 5.32 Å². The van der Waals surface area contributed by atoms with E-state index in [1.165, 1.54) is 5.56 Å². The monoisotopic (exact) mass is 179 g/mol. The summed E-state index contributed by atoms with van der Waals surface area (Å²) >= 11 is 4.86. The molecule has 1 heterocycles. The second kappa shape index (κ2) is 3.11. The lowest BCUT2D eigenvalue weighted by Crippen LogP contribution is -2.17. The van der Waals surface area contributed by atoms with Gasteiger partial charge in [-0.1, -0.05) is 30.3 Å². The molecule has 0 aromatic heterocycles. The summed E-state index contributed by atoms with van der Waals surface area (Å²) in [5, 5.41) is 3.58. The van der Waals surface area contributed by atoms with Gasteiger partial charge in [0.1, 0.15) is 6.61 Å². The van der Waals surface area contributed by atoms with E-state index in [-0.39, 0.29) is 6.04 Å². The third-order valence-electron chi connectivity index (χ3n) is 1.88. The van der Waals surface area contributed by atoms with Crippen LogP contribution in [0.5, 0.6) is 0 Å². The number of rotatable bonds is 1. The number of hydrogen-bond donors (Lipinski definition) is 1. The molecule has 0 unspecified atom stereocenters. The van der Waals surface area contributed by atoms with Crippen molar-refractivity contribution in [2.75, 3.05) is 6.61 Å². The van der Waals surface area contributed by atoms with Crippen LogP contribution in [0.4, 0.5) is 0 Å². The van der Waals surface area contributed by atoms with Crippen molar-refractivity contribution in [1.29, 1.82) is 0 Å². The summed E-state index contributed by atoms with van der Waals surface area (Å²) in [4.78, 5) is 0. The molecule has 1 aliphatic rings. The molecular weight excluding hydrogens is 170 g/mol. The topological polar surface area (TPSA) is 21.3 Å². The SMILES string of the molecule is S=C1N[C@H](c2ccccc2)CO1. The lowest BCUT2D eigenvalue weighted by atomic mass is 10.1. The molecule has 1 N–H and O–H groups in total. The van der Waals surface area contributed by atoms with Crippen molar-refractivity contribution < 1.29 is 4.74 Å². The molecule has 2 rings (SSSR count). The predicted octanol–water partition coefficient (Wildman–Crippen LogP) is 1.63. The smallest absolute Gasteiger partial charge is 0.257 e. The Kier molecular flexibility index (Phi) is 1.96. The van der Waals surface area contributed by atoms with Gasteiger partial charge in [-0.05, 0) is 17.8 Å². The highest BCUT2D eigenvalue weighted by atomic mass is 32.1. The van der Waals surface area contributed by atoms with E-state index in [1.54, 1.807) is 0 Å². The van der Waals surface area contributed by atoms with E-state index in [4.69, 9.17) is 17.0 Å². The predicted molar refractivity (Wildman–Crippen MR) is 50.9 cm³/mol. The molecule has 0 amide bonds. The van der Waals surface area contributed by atoms with Gasteiger partial charge in [0.2, 0.25) is 0 Å². The summed E-state index contributed by atoms with van der Waals surface area (Å²) in [6, 6.07) is 10.4. The molecule has 3 heteroatoms. The van der Waals surface area contributed by atoms with Crippen LogP contribution in [-0.2, 0) is 4.74 Å². The molecule has 0 saturated carbocycles. The van der Waals surface area contributed by atoms with Crippen molar-refractivity contribution in [3.8, 4) is 0 Å². The Morgan fingerprint density at radius 1 is 1.33 bits per heavy atom. The highest BCUT2D eigenvalue weighted by molar-refractivity contribution is 7.80. The van der Waals surface area contributed by atoms with E-state index in [9.17, 15) is 0 Å². The lowest BCUT2D eigenvalue weighted by Gasteiger charge is -2.06. The highest BCUT2D eigenvalue weighted by Gasteiger charge is 2.20. The molecule has 0 aliphatic carbocycles. The molecule has 0 spiro atoms. The Labute approximate surface area is 76.5 Å². The van der Waals surface area contributed by atoms with Gasteiger partial charge in [-0.15, -0.1) is 0 Å². The average Bonchev–Trinajstić information content (AvgIpc) is 2.54. The molecule has 1 aromatic rings. The van der Waals surface area contributed by atoms with Gasteiger partial charge < -0.3 is 10.1 Å². The Morgan fingerprint density at radius 2 is 2.08 bits per heavy atom. The van der Waals surface area contributed by atoms with Gasteiger partial charge in [-0.25, -0.2) is 0 Å². The van der Waals surface area contributed by atoms with E-state index in [2.05, 4.69) is 17.4 Å². The normalized spacial score (nSPS) is 21.7. The van der Waals surface area contributed by atoms with Crippen LogP contribution in [0, 0.1) is 0 Å². The van der Waals surface area contributed by atoms with Gasteiger partial charge in [0.15, 0.2) is 0 Å². The lowest BCUT2D eigenvalue weighted by molar-refractivity contribution is 0.334. The number of benzene rings is 1. The van der Waals surface area contributed by atoms with E-state index in [0.29, 0.717) is 11.8 Å². The van der Waals surface area contributed by atoms with Crippen molar-refractivity contribution in [3.63, 3.8) is 0 Å². The molecule has 2 nitrogen and oxygen atoms in total. The van der Waals surface area contributed by atoms with Gasteiger partial charge in [0, 0.05) is 0 Å². The van der Waals surface area contributed by atoms with Crippen LogP contribution in [0.25, 0.3) is 0 Å². The van der Waals surface area contributed by atoms with Crippen LogP contribution in [-0.4, -0.2) is 11.8 Å². The molecule has 12 heavy (non-hydrogen) atoms. The minimum absolute atomic E-state index is 0.235. The number of ether oxygens (including phenoxy) is 1.